The summed E-state index contributed by atoms with van der Waals surface area (Å²) in [6, 6.07) is 0. The van der Waals surface area contributed by atoms with Crippen LogP contribution in [0.4, 0.5) is 0 Å². The Bertz CT molecular complexity index is 356. The van der Waals surface area contributed by atoms with Crippen molar-refractivity contribution in [2.75, 3.05) is 20.3 Å². The standard InChI is InChI=1S/C12H20N2OS/c1-4-10-9(2)16-11(14-10)12(13-3)5-7-15-8-6-12/h13H,4-8H2,1-3H3. The smallest absolute Gasteiger partial charge is 0.113 e. The summed E-state index contributed by atoms with van der Waals surface area (Å²) < 4.78 is 5.45. The van der Waals surface area contributed by atoms with E-state index < -0.39 is 0 Å². The van der Waals surface area contributed by atoms with E-state index in [1.807, 2.05) is 18.4 Å². The SMILES string of the molecule is CCc1nc(C2(NC)CCOCC2)sc1C. The van der Waals surface area contributed by atoms with E-state index in [0.717, 1.165) is 32.5 Å². The predicted octanol–water partition coefficient (Wildman–Crippen LogP) is 2.24. The molecule has 0 amide bonds. The third kappa shape index (κ3) is 2.01. The van der Waals surface area contributed by atoms with Gasteiger partial charge in [0.25, 0.3) is 0 Å². The lowest BCUT2D eigenvalue weighted by Gasteiger charge is -2.35. The van der Waals surface area contributed by atoms with Crippen LogP contribution in [0, 0.1) is 6.92 Å². The zero-order valence-corrected chi connectivity index (χ0v) is 11.1. The van der Waals surface area contributed by atoms with Gasteiger partial charge in [0.05, 0.1) is 11.2 Å². The number of rotatable bonds is 3. The number of nitrogens with zero attached hydrogens (tertiary/aromatic N) is 1. The molecule has 16 heavy (non-hydrogen) atoms. The Hall–Kier alpha value is -0.450. The summed E-state index contributed by atoms with van der Waals surface area (Å²) >= 11 is 1.84. The molecule has 3 nitrogen and oxygen atoms in total. The maximum atomic E-state index is 5.45. The Morgan fingerprint density at radius 1 is 1.44 bits per heavy atom. The molecule has 0 spiro atoms. The lowest BCUT2D eigenvalue weighted by molar-refractivity contribution is 0.0397. The second kappa shape index (κ2) is 4.82. The molecule has 1 aromatic rings. The fourth-order valence-electron chi connectivity index (χ4n) is 2.25. The average Bonchev–Trinajstić information content (AvgIpc) is 2.72. The summed E-state index contributed by atoms with van der Waals surface area (Å²) in [6.45, 7) is 6.01. The Kier molecular flexibility index (Phi) is 3.62. The molecule has 0 atom stereocenters. The highest BCUT2D eigenvalue weighted by Crippen LogP contribution is 2.35. The van der Waals surface area contributed by atoms with Crippen molar-refractivity contribution in [1.82, 2.24) is 10.3 Å². The fraction of sp³-hybridized carbons (Fsp3) is 0.750. The molecule has 1 aliphatic rings. The van der Waals surface area contributed by atoms with E-state index >= 15 is 0 Å². The molecule has 0 aliphatic carbocycles. The zero-order valence-electron chi connectivity index (χ0n) is 10.3. The van der Waals surface area contributed by atoms with Gasteiger partial charge in [-0.1, -0.05) is 6.92 Å². The molecule has 0 radical (unpaired) electrons. The summed E-state index contributed by atoms with van der Waals surface area (Å²) in [6.07, 6.45) is 3.08. The van der Waals surface area contributed by atoms with Crippen LogP contribution in [-0.4, -0.2) is 25.2 Å². The van der Waals surface area contributed by atoms with E-state index in [9.17, 15) is 0 Å². The van der Waals surface area contributed by atoms with Crippen LogP contribution < -0.4 is 5.32 Å². The average molecular weight is 240 g/mol. The second-order valence-electron chi connectivity index (χ2n) is 4.32. The van der Waals surface area contributed by atoms with Gasteiger partial charge in [-0.3, -0.25) is 0 Å². The first-order chi connectivity index (χ1) is 7.72. The summed E-state index contributed by atoms with van der Waals surface area (Å²) in [5.41, 5.74) is 1.31. The summed E-state index contributed by atoms with van der Waals surface area (Å²) in [5.74, 6) is 0. The Morgan fingerprint density at radius 3 is 2.62 bits per heavy atom. The highest BCUT2D eigenvalue weighted by Gasteiger charge is 2.35. The molecule has 90 valence electrons. The van der Waals surface area contributed by atoms with Gasteiger partial charge < -0.3 is 10.1 Å². The third-order valence-electron chi connectivity index (χ3n) is 3.46. The topological polar surface area (TPSA) is 34.2 Å². The van der Waals surface area contributed by atoms with Gasteiger partial charge in [-0.05, 0) is 33.2 Å². The van der Waals surface area contributed by atoms with Gasteiger partial charge in [0.2, 0.25) is 0 Å². The van der Waals surface area contributed by atoms with Gasteiger partial charge in [-0.25, -0.2) is 4.98 Å². The number of ether oxygens (including phenoxy) is 1. The molecule has 0 bridgehead atoms. The van der Waals surface area contributed by atoms with E-state index in [1.54, 1.807) is 0 Å². The van der Waals surface area contributed by atoms with Crippen LogP contribution in [-0.2, 0) is 16.7 Å². The molecule has 4 heteroatoms. The van der Waals surface area contributed by atoms with Gasteiger partial charge in [0.1, 0.15) is 5.01 Å². The van der Waals surface area contributed by atoms with Gasteiger partial charge in [-0.15, -0.1) is 11.3 Å². The van der Waals surface area contributed by atoms with Crippen molar-refractivity contribution in [2.24, 2.45) is 0 Å². The Labute approximate surface area is 101 Å². The maximum Gasteiger partial charge on any atom is 0.113 e. The minimum absolute atomic E-state index is 0.0566. The molecule has 1 aliphatic heterocycles. The highest BCUT2D eigenvalue weighted by molar-refractivity contribution is 7.11. The Balaban J connectivity index is 2.31. The van der Waals surface area contributed by atoms with Crippen LogP contribution in [0.1, 0.15) is 35.3 Å². The van der Waals surface area contributed by atoms with E-state index in [1.165, 1.54) is 15.6 Å². The number of aryl methyl sites for hydroxylation is 2. The molecular formula is C12H20N2OS. The van der Waals surface area contributed by atoms with Crippen molar-refractivity contribution in [2.45, 2.75) is 38.6 Å². The molecule has 1 aromatic heterocycles. The van der Waals surface area contributed by atoms with Gasteiger partial charge >= 0.3 is 0 Å². The van der Waals surface area contributed by atoms with Crippen molar-refractivity contribution in [1.29, 1.82) is 0 Å². The monoisotopic (exact) mass is 240 g/mol. The maximum absolute atomic E-state index is 5.45. The molecule has 0 saturated carbocycles. The predicted molar refractivity (Wildman–Crippen MR) is 67.0 cm³/mol. The lowest BCUT2D eigenvalue weighted by atomic mass is 9.91. The first-order valence-electron chi connectivity index (χ1n) is 5.95. The quantitative estimate of drug-likeness (QED) is 0.880. The number of hydrogen-bond acceptors (Lipinski definition) is 4. The van der Waals surface area contributed by atoms with Crippen LogP contribution >= 0.6 is 11.3 Å². The van der Waals surface area contributed by atoms with Gasteiger partial charge in [0.15, 0.2) is 0 Å². The number of nitrogens with one attached hydrogen (secondary N) is 1. The van der Waals surface area contributed by atoms with Crippen molar-refractivity contribution in [3.63, 3.8) is 0 Å². The molecule has 2 heterocycles. The van der Waals surface area contributed by atoms with E-state index in [4.69, 9.17) is 9.72 Å². The summed E-state index contributed by atoms with van der Waals surface area (Å²) in [5, 5.41) is 4.71. The van der Waals surface area contributed by atoms with Gasteiger partial charge in [-0.2, -0.15) is 0 Å². The molecule has 0 unspecified atom stereocenters. The van der Waals surface area contributed by atoms with Crippen LogP contribution in [0.25, 0.3) is 0 Å². The molecule has 2 rings (SSSR count). The van der Waals surface area contributed by atoms with Gasteiger partial charge in [0, 0.05) is 18.1 Å². The molecule has 1 fully saturated rings. The molecule has 1 N–H and O–H groups in total. The largest absolute Gasteiger partial charge is 0.381 e. The highest BCUT2D eigenvalue weighted by atomic mass is 32.1. The van der Waals surface area contributed by atoms with Crippen molar-refractivity contribution >= 4 is 11.3 Å². The van der Waals surface area contributed by atoms with Crippen LogP contribution in [0.5, 0.6) is 0 Å². The van der Waals surface area contributed by atoms with Crippen LogP contribution in [0.2, 0.25) is 0 Å². The van der Waals surface area contributed by atoms with Crippen LogP contribution in [0.3, 0.4) is 0 Å². The van der Waals surface area contributed by atoms with Crippen LogP contribution in [0.15, 0.2) is 0 Å². The fourth-order valence-corrected chi connectivity index (χ4v) is 3.51. The zero-order chi connectivity index (χ0) is 11.6. The molecular weight excluding hydrogens is 220 g/mol. The number of hydrogen-bond donors (Lipinski definition) is 1. The molecule has 0 aromatic carbocycles. The van der Waals surface area contributed by atoms with E-state index in [0.29, 0.717) is 0 Å². The van der Waals surface area contributed by atoms with Crippen molar-refractivity contribution in [3.8, 4) is 0 Å². The summed E-state index contributed by atoms with van der Waals surface area (Å²) in [7, 11) is 2.04. The first-order valence-corrected chi connectivity index (χ1v) is 6.77. The normalized spacial score (nSPS) is 19.9. The summed E-state index contributed by atoms with van der Waals surface area (Å²) in [4.78, 5) is 6.16. The minimum Gasteiger partial charge on any atom is -0.381 e. The third-order valence-corrected chi connectivity index (χ3v) is 4.68. The Morgan fingerprint density at radius 2 is 2.12 bits per heavy atom. The van der Waals surface area contributed by atoms with E-state index in [-0.39, 0.29) is 5.54 Å². The molecule has 1 saturated heterocycles. The lowest BCUT2D eigenvalue weighted by Crippen LogP contribution is -2.44. The minimum atomic E-state index is 0.0566. The van der Waals surface area contributed by atoms with Crippen molar-refractivity contribution in [3.05, 3.63) is 15.6 Å². The second-order valence-corrected chi connectivity index (χ2v) is 5.52. The number of aromatic nitrogens is 1. The van der Waals surface area contributed by atoms with E-state index in [2.05, 4.69) is 19.2 Å². The number of thiazole rings is 1. The van der Waals surface area contributed by atoms with Crippen molar-refractivity contribution < 1.29 is 4.74 Å². The first kappa shape index (κ1) is 12.0.